The van der Waals surface area contributed by atoms with E-state index in [1.807, 2.05) is 0 Å². The van der Waals surface area contributed by atoms with Crippen molar-refractivity contribution in [2.24, 2.45) is 5.92 Å². The average Bonchev–Trinajstić information content (AvgIpc) is 2.83. The number of nitrogen functional groups attached to an aromatic ring is 1. The molecule has 0 aliphatic carbocycles. The molecule has 0 fully saturated rings. The van der Waals surface area contributed by atoms with Crippen molar-refractivity contribution < 1.29 is 19.8 Å². The predicted molar refractivity (Wildman–Crippen MR) is 92.4 cm³/mol. The van der Waals surface area contributed by atoms with Crippen LogP contribution in [0.15, 0.2) is 23.0 Å². The second kappa shape index (κ2) is 6.64. The Hall–Kier alpha value is -2.35. The summed E-state index contributed by atoms with van der Waals surface area (Å²) in [6.07, 6.45) is 0.116. The van der Waals surface area contributed by atoms with Gasteiger partial charge in [-0.05, 0) is 31.0 Å². The molecule has 1 aromatic heterocycles. The van der Waals surface area contributed by atoms with Gasteiger partial charge < -0.3 is 15.9 Å². The van der Waals surface area contributed by atoms with Crippen LogP contribution in [0.4, 0.5) is 5.69 Å². The van der Waals surface area contributed by atoms with Crippen LogP contribution >= 0.6 is 11.5 Å². The van der Waals surface area contributed by atoms with Gasteiger partial charge in [0.2, 0.25) is 0 Å². The lowest BCUT2D eigenvalue weighted by Gasteiger charge is -2.35. The maximum atomic E-state index is 12.8. The van der Waals surface area contributed by atoms with Crippen LogP contribution in [-0.4, -0.2) is 26.1 Å². The zero-order chi connectivity index (χ0) is 18.1. The Bertz CT molecular complexity index is 841. The molecule has 0 spiro atoms. The van der Waals surface area contributed by atoms with Crippen LogP contribution < -0.4 is 11.3 Å². The van der Waals surface area contributed by atoms with Crippen molar-refractivity contribution in [3.05, 3.63) is 28.6 Å². The molecule has 130 valence electrons. The van der Waals surface area contributed by atoms with Gasteiger partial charge in [0.25, 0.3) is 5.56 Å². The normalized spacial score (nSPS) is 15.1. The first kappa shape index (κ1) is 18.0. The highest BCUT2D eigenvalue weighted by Gasteiger charge is 2.48. The van der Waals surface area contributed by atoms with Gasteiger partial charge >= 0.3 is 11.9 Å². The molecule has 0 saturated carbocycles. The molecule has 2 atom stereocenters. The average molecular weight is 352 g/mol. The van der Waals surface area contributed by atoms with Crippen molar-refractivity contribution >= 4 is 39.2 Å². The SMILES string of the molecule is CCC(CC(=O)O)[C@](CC)(C(=O)O)n1sc2cc(N)ccc2c1=O. The molecule has 0 radical (unpaired) electrons. The monoisotopic (exact) mass is 352 g/mol. The summed E-state index contributed by atoms with van der Waals surface area (Å²) in [5, 5.41) is 19.5. The zero-order valence-electron chi connectivity index (χ0n) is 13.5. The smallest absolute Gasteiger partial charge is 0.331 e. The molecule has 0 amide bonds. The molecule has 1 heterocycles. The molecule has 4 N–H and O–H groups in total. The fraction of sp³-hybridized carbons (Fsp3) is 0.438. The number of hydrogen-bond acceptors (Lipinski definition) is 5. The van der Waals surface area contributed by atoms with E-state index >= 15 is 0 Å². The maximum absolute atomic E-state index is 12.8. The number of rotatable bonds is 7. The third kappa shape index (κ3) is 2.77. The summed E-state index contributed by atoms with van der Waals surface area (Å²) in [5.74, 6) is -2.99. The standard InChI is InChI=1S/C16H20N2O5S/c1-3-9(7-13(19)20)16(4-2,15(22)23)18-14(21)11-6-5-10(17)8-12(11)24-18/h5-6,8-9H,3-4,7,17H2,1-2H3,(H,19,20)(H,22,23)/t9?,16-/m1/s1. The summed E-state index contributed by atoms with van der Waals surface area (Å²) in [4.78, 5) is 36.1. The summed E-state index contributed by atoms with van der Waals surface area (Å²) in [5.41, 5.74) is 4.19. The van der Waals surface area contributed by atoms with Crippen molar-refractivity contribution in [1.29, 1.82) is 0 Å². The van der Waals surface area contributed by atoms with Crippen molar-refractivity contribution in [2.45, 2.75) is 38.6 Å². The summed E-state index contributed by atoms with van der Waals surface area (Å²) >= 11 is 1.02. The molecule has 2 rings (SSSR count). The van der Waals surface area contributed by atoms with Crippen molar-refractivity contribution in [2.75, 3.05) is 5.73 Å². The molecule has 0 bridgehead atoms. The Labute approximate surface area is 142 Å². The number of aliphatic carboxylic acids is 2. The quantitative estimate of drug-likeness (QED) is 0.657. The first-order chi connectivity index (χ1) is 11.3. The van der Waals surface area contributed by atoms with E-state index in [2.05, 4.69) is 0 Å². The summed E-state index contributed by atoms with van der Waals surface area (Å²) < 4.78 is 1.81. The molecule has 24 heavy (non-hydrogen) atoms. The molecule has 1 unspecified atom stereocenters. The number of nitrogens with two attached hydrogens (primary N) is 1. The van der Waals surface area contributed by atoms with Gasteiger partial charge in [-0.25, -0.2) is 8.75 Å². The fourth-order valence-electron chi connectivity index (χ4n) is 3.18. The fourth-order valence-corrected chi connectivity index (χ4v) is 4.52. The predicted octanol–water partition coefficient (Wildman–Crippen LogP) is 2.34. The number of carboxylic acid groups (broad SMARTS) is 2. The van der Waals surface area contributed by atoms with Gasteiger partial charge in [0.05, 0.1) is 16.5 Å². The van der Waals surface area contributed by atoms with Crippen molar-refractivity contribution in [3.8, 4) is 0 Å². The molecular weight excluding hydrogens is 332 g/mol. The summed E-state index contributed by atoms with van der Waals surface area (Å²) in [6, 6.07) is 4.78. The highest BCUT2D eigenvalue weighted by molar-refractivity contribution is 7.14. The highest BCUT2D eigenvalue weighted by Crippen LogP contribution is 2.37. The molecule has 2 aromatic rings. The molecule has 1 aromatic carbocycles. The van der Waals surface area contributed by atoms with E-state index in [0.717, 1.165) is 11.5 Å². The third-order valence-corrected chi connectivity index (χ3v) is 5.68. The van der Waals surface area contributed by atoms with Crippen LogP contribution in [-0.2, 0) is 15.1 Å². The largest absolute Gasteiger partial charge is 0.481 e. The molecule has 0 aliphatic heterocycles. The summed E-state index contributed by atoms with van der Waals surface area (Å²) in [7, 11) is 0. The van der Waals surface area contributed by atoms with Gasteiger partial charge in [0.15, 0.2) is 5.54 Å². The van der Waals surface area contributed by atoms with Crippen LogP contribution in [0.1, 0.15) is 33.1 Å². The van der Waals surface area contributed by atoms with E-state index in [-0.39, 0.29) is 12.8 Å². The van der Waals surface area contributed by atoms with Crippen molar-refractivity contribution in [1.82, 2.24) is 3.96 Å². The van der Waals surface area contributed by atoms with Gasteiger partial charge in [0.1, 0.15) is 0 Å². The number of anilines is 1. The number of benzene rings is 1. The maximum Gasteiger partial charge on any atom is 0.331 e. The second-order valence-electron chi connectivity index (χ2n) is 5.73. The van der Waals surface area contributed by atoms with E-state index in [4.69, 9.17) is 10.8 Å². The first-order valence-corrected chi connectivity index (χ1v) is 8.42. The number of nitrogens with zero attached hydrogens (tertiary/aromatic N) is 1. The topological polar surface area (TPSA) is 123 Å². The van der Waals surface area contributed by atoms with Gasteiger partial charge in [-0.2, -0.15) is 0 Å². The lowest BCUT2D eigenvalue weighted by molar-refractivity contribution is -0.152. The van der Waals surface area contributed by atoms with E-state index in [1.165, 1.54) is 3.96 Å². The van der Waals surface area contributed by atoms with Gasteiger partial charge in [-0.1, -0.05) is 25.4 Å². The van der Waals surface area contributed by atoms with Gasteiger partial charge in [-0.15, -0.1) is 0 Å². The third-order valence-electron chi connectivity index (χ3n) is 4.47. The van der Waals surface area contributed by atoms with Crippen LogP contribution in [0.5, 0.6) is 0 Å². The Morgan fingerprint density at radius 2 is 2.00 bits per heavy atom. The number of aromatic nitrogens is 1. The van der Waals surface area contributed by atoms with Gasteiger partial charge in [-0.3, -0.25) is 9.59 Å². The molecule has 0 aliphatic rings. The molecule has 7 nitrogen and oxygen atoms in total. The van der Waals surface area contributed by atoms with E-state index < -0.39 is 29.0 Å². The minimum absolute atomic E-state index is 0.107. The van der Waals surface area contributed by atoms with Gasteiger partial charge in [0, 0.05) is 11.6 Å². The van der Waals surface area contributed by atoms with Crippen LogP contribution in [0, 0.1) is 5.92 Å². The molecule has 0 saturated heterocycles. The van der Waals surface area contributed by atoms with E-state index in [0.29, 0.717) is 22.2 Å². The summed E-state index contributed by atoms with van der Waals surface area (Å²) in [6.45, 7) is 3.39. The Kier molecular flexibility index (Phi) is 4.98. The number of carbonyl (C=O) groups is 2. The Morgan fingerprint density at radius 3 is 2.50 bits per heavy atom. The van der Waals surface area contributed by atoms with E-state index in [1.54, 1.807) is 32.0 Å². The van der Waals surface area contributed by atoms with Crippen LogP contribution in [0.25, 0.3) is 10.1 Å². The Morgan fingerprint density at radius 1 is 1.33 bits per heavy atom. The lowest BCUT2D eigenvalue weighted by Crippen LogP contribution is -2.51. The van der Waals surface area contributed by atoms with Crippen LogP contribution in [0.2, 0.25) is 0 Å². The lowest BCUT2D eigenvalue weighted by atomic mass is 9.78. The molecular formula is C16H20N2O5S. The highest BCUT2D eigenvalue weighted by atomic mass is 32.1. The first-order valence-electron chi connectivity index (χ1n) is 7.65. The number of fused-ring (bicyclic) bond motifs is 1. The van der Waals surface area contributed by atoms with E-state index in [9.17, 15) is 19.5 Å². The second-order valence-corrected chi connectivity index (χ2v) is 6.72. The minimum atomic E-state index is -1.59. The number of carboxylic acids is 2. The zero-order valence-corrected chi connectivity index (χ0v) is 14.3. The Balaban J connectivity index is 2.77. The molecule has 8 heteroatoms. The number of hydrogen-bond donors (Lipinski definition) is 3. The minimum Gasteiger partial charge on any atom is -0.481 e. The van der Waals surface area contributed by atoms with Crippen LogP contribution in [0.3, 0.4) is 0 Å². The van der Waals surface area contributed by atoms with Crippen molar-refractivity contribution in [3.63, 3.8) is 0 Å².